The molecule has 5 rings (SSSR count). The van der Waals surface area contributed by atoms with Crippen molar-refractivity contribution in [3.63, 3.8) is 0 Å². The van der Waals surface area contributed by atoms with Crippen LogP contribution in [-0.2, 0) is 30.7 Å². The molecule has 10 nitrogen and oxygen atoms in total. The second kappa shape index (κ2) is 8.97. The molecule has 1 aliphatic heterocycles. The number of piperidine rings is 1. The molecule has 2 N–H and O–H groups in total. The Labute approximate surface area is 203 Å². The van der Waals surface area contributed by atoms with Crippen LogP contribution in [0.5, 0.6) is 0 Å². The standard InChI is InChI=1S/C24H29N7O3S/c1-29-14-17-12-18(11-16(22(17)27-29)13-25-35(3,33)34)26-24(32)19-7-8-21(31-9-5-4-6-10-31)20-15-30(2)28-23(19)20/h7-8,11-12,14-15,25H,4-6,9-10,13H2,1-3H3,(H,26,32). The first kappa shape index (κ1) is 23.3. The van der Waals surface area contributed by atoms with Crippen molar-refractivity contribution in [3.05, 3.63) is 47.8 Å². The van der Waals surface area contributed by atoms with Gasteiger partial charge in [-0.1, -0.05) is 0 Å². The van der Waals surface area contributed by atoms with Gasteiger partial charge in [-0.25, -0.2) is 13.1 Å². The molecule has 0 saturated carbocycles. The van der Waals surface area contributed by atoms with Gasteiger partial charge in [0.15, 0.2) is 0 Å². The van der Waals surface area contributed by atoms with Crippen LogP contribution >= 0.6 is 0 Å². The number of nitrogens with one attached hydrogen (secondary N) is 2. The molecule has 0 spiro atoms. The lowest BCUT2D eigenvalue weighted by molar-refractivity contribution is 0.102. The molecule has 0 aliphatic carbocycles. The zero-order valence-corrected chi connectivity index (χ0v) is 20.9. The second-order valence-corrected chi connectivity index (χ2v) is 11.0. The van der Waals surface area contributed by atoms with Crippen LogP contribution in [0.4, 0.5) is 11.4 Å². The fourth-order valence-corrected chi connectivity index (χ4v) is 5.16. The third kappa shape index (κ3) is 4.87. The van der Waals surface area contributed by atoms with Crippen molar-refractivity contribution >= 4 is 49.1 Å². The number of nitrogens with zero attached hydrogens (tertiary/aromatic N) is 5. The number of benzene rings is 2. The number of sulfonamides is 1. The SMILES string of the molecule is Cn1cc2cc(NC(=O)c3ccc(N4CCCCC4)c4cn(C)nc34)cc(CNS(C)(=O)=O)c2n1. The molecule has 0 atom stereocenters. The van der Waals surface area contributed by atoms with Crippen molar-refractivity contribution in [1.82, 2.24) is 24.3 Å². The van der Waals surface area contributed by atoms with Gasteiger partial charge < -0.3 is 10.2 Å². The van der Waals surface area contributed by atoms with E-state index in [1.807, 2.05) is 37.6 Å². The monoisotopic (exact) mass is 495 g/mol. The number of hydrogen-bond donors (Lipinski definition) is 2. The van der Waals surface area contributed by atoms with Crippen LogP contribution in [0.1, 0.15) is 35.2 Å². The molecule has 3 heterocycles. The van der Waals surface area contributed by atoms with E-state index in [1.165, 1.54) is 6.42 Å². The van der Waals surface area contributed by atoms with Gasteiger partial charge in [-0.3, -0.25) is 14.2 Å². The van der Waals surface area contributed by atoms with E-state index in [4.69, 9.17) is 0 Å². The Morgan fingerprint density at radius 2 is 1.71 bits per heavy atom. The van der Waals surface area contributed by atoms with Crippen LogP contribution in [-0.4, -0.2) is 53.2 Å². The molecule has 1 fully saturated rings. The van der Waals surface area contributed by atoms with Crippen molar-refractivity contribution in [3.8, 4) is 0 Å². The van der Waals surface area contributed by atoms with E-state index in [1.54, 1.807) is 22.5 Å². The Hall–Kier alpha value is -3.44. The Morgan fingerprint density at radius 1 is 1.00 bits per heavy atom. The van der Waals surface area contributed by atoms with Crippen molar-refractivity contribution in [1.29, 1.82) is 0 Å². The first-order valence-electron chi connectivity index (χ1n) is 11.6. The summed E-state index contributed by atoms with van der Waals surface area (Å²) in [6, 6.07) is 7.43. The van der Waals surface area contributed by atoms with E-state index in [2.05, 4.69) is 25.1 Å². The number of carbonyl (C=O) groups excluding carboxylic acids is 1. The van der Waals surface area contributed by atoms with Crippen LogP contribution in [0.25, 0.3) is 21.8 Å². The first-order valence-corrected chi connectivity index (χ1v) is 13.5. The van der Waals surface area contributed by atoms with Gasteiger partial charge in [0.25, 0.3) is 5.91 Å². The van der Waals surface area contributed by atoms with Gasteiger partial charge in [0.05, 0.1) is 17.3 Å². The number of rotatable bonds is 6. The van der Waals surface area contributed by atoms with E-state index < -0.39 is 10.0 Å². The van der Waals surface area contributed by atoms with Gasteiger partial charge in [0.2, 0.25) is 10.0 Å². The summed E-state index contributed by atoms with van der Waals surface area (Å²) in [5.41, 5.74) is 4.17. The maximum absolute atomic E-state index is 13.4. The van der Waals surface area contributed by atoms with Gasteiger partial charge in [-0.15, -0.1) is 0 Å². The fourth-order valence-electron chi connectivity index (χ4n) is 4.74. The minimum absolute atomic E-state index is 0.0745. The number of fused-ring (bicyclic) bond motifs is 2. The van der Waals surface area contributed by atoms with Crippen molar-refractivity contribution in [2.75, 3.05) is 29.6 Å². The molecule has 0 radical (unpaired) electrons. The van der Waals surface area contributed by atoms with Crippen LogP contribution in [0.15, 0.2) is 36.7 Å². The highest BCUT2D eigenvalue weighted by Gasteiger charge is 2.21. The predicted octanol–water partition coefficient (Wildman–Crippen LogP) is 2.75. The van der Waals surface area contributed by atoms with Gasteiger partial charge in [-0.05, 0) is 49.1 Å². The maximum Gasteiger partial charge on any atom is 0.257 e. The molecule has 0 bridgehead atoms. The predicted molar refractivity (Wildman–Crippen MR) is 137 cm³/mol. The molecule has 1 aliphatic rings. The molecule has 35 heavy (non-hydrogen) atoms. The van der Waals surface area contributed by atoms with E-state index in [0.29, 0.717) is 27.8 Å². The Balaban J connectivity index is 1.48. The topological polar surface area (TPSA) is 114 Å². The van der Waals surface area contributed by atoms with E-state index >= 15 is 0 Å². The summed E-state index contributed by atoms with van der Waals surface area (Å²) >= 11 is 0. The quantitative estimate of drug-likeness (QED) is 0.425. The molecule has 4 aromatic rings. The Morgan fingerprint density at radius 3 is 2.46 bits per heavy atom. The highest BCUT2D eigenvalue weighted by Crippen LogP contribution is 2.31. The molecule has 184 valence electrons. The molecule has 2 aromatic heterocycles. The summed E-state index contributed by atoms with van der Waals surface area (Å²) in [6.07, 6.45) is 8.48. The summed E-state index contributed by atoms with van der Waals surface area (Å²) in [4.78, 5) is 15.8. The van der Waals surface area contributed by atoms with Crippen LogP contribution in [0.2, 0.25) is 0 Å². The van der Waals surface area contributed by atoms with Crippen molar-refractivity contribution in [2.45, 2.75) is 25.8 Å². The lowest BCUT2D eigenvalue weighted by atomic mass is 10.1. The smallest absolute Gasteiger partial charge is 0.257 e. The average Bonchev–Trinajstić information content (AvgIpc) is 3.38. The van der Waals surface area contributed by atoms with Crippen LogP contribution in [0, 0.1) is 0 Å². The van der Waals surface area contributed by atoms with Gasteiger partial charge in [0.1, 0.15) is 5.52 Å². The molecule has 2 aromatic carbocycles. The first-order chi connectivity index (χ1) is 16.7. The lowest BCUT2D eigenvalue weighted by Crippen LogP contribution is -2.29. The largest absolute Gasteiger partial charge is 0.371 e. The van der Waals surface area contributed by atoms with Gasteiger partial charge in [0, 0.05) is 68.3 Å². The third-order valence-corrected chi connectivity index (χ3v) is 6.96. The molecule has 1 amide bonds. The highest BCUT2D eigenvalue weighted by molar-refractivity contribution is 7.88. The minimum atomic E-state index is -3.39. The van der Waals surface area contributed by atoms with Crippen LogP contribution in [0.3, 0.4) is 0 Å². The average molecular weight is 496 g/mol. The number of hydrogen-bond acceptors (Lipinski definition) is 6. The Kier molecular flexibility index (Phi) is 5.97. The van der Waals surface area contributed by atoms with E-state index in [0.717, 1.165) is 48.6 Å². The molecular formula is C24H29N7O3S. The second-order valence-electron chi connectivity index (χ2n) is 9.17. The van der Waals surface area contributed by atoms with Crippen molar-refractivity contribution in [2.24, 2.45) is 14.1 Å². The van der Waals surface area contributed by atoms with Gasteiger partial charge in [-0.2, -0.15) is 10.2 Å². The van der Waals surface area contributed by atoms with Crippen LogP contribution < -0.4 is 14.9 Å². The zero-order valence-electron chi connectivity index (χ0n) is 20.1. The summed E-state index contributed by atoms with van der Waals surface area (Å²) in [6.45, 7) is 2.08. The third-order valence-electron chi connectivity index (χ3n) is 6.29. The minimum Gasteiger partial charge on any atom is -0.371 e. The summed E-state index contributed by atoms with van der Waals surface area (Å²) in [5, 5.41) is 13.8. The number of aryl methyl sites for hydroxylation is 2. The summed E-state index contributed by atoms with van der Waals surface area (Å²) in [7, 11) is 0.274. The number of carbonyl (C=O) groups is 1. The Bertz CT molecular complexity index is 1530. The number of amides is 1. The molecular weight excluding hydrogens is 466 g/mol. The van der Waals surface area contributed by atoms with Gasteiger partial charge >= 0.3 is 0 Å². The number of aromatic nitrogens is 4. The maximum atomic E-state index is 13.4. The normalized spacial score (nSPS) is 14.7. The lowest BCUT2D eigenvalue weighted by Gasteiger charge is -2.29. The summed E-state index contributed by atoms with van der Waals surface area (Å²) in [5.74, 6) is -0.274. The highest BCUT2D eigenvalue weighted by atomic mass is 32.2. The molecule has 1 saturated heterocycles. The zero-order chi connectivity index (χ0) is 24.7. The summed E-state index contributed by atoms with van der Waals surface area (Å²) < 4.78 is 29.2. The van der Waals surface area contributed by atoms with E-state index in [-0.39, 0.29) is 12.5 Å². The van der Waals surface area contributed by atoms with E-state index in [9.17, 15) is 13.2 Å². The van der Waals surface area contributed by atoms with Crippen molar-refractivity contribution < 1.29 is 13.2 Å². The fraction of sp³-hybridized carbons (Fsp3) is 0.375. The molecule has 0 unspecified atom stereocenters. The molecule has 11 heteroatoms. The number of anilines is 2.